The number of allylic oxidation sites excluding steroid dienone is 8. The van der Waals surface area contributed by atoms with Gasteiger partial charge in [-0.25, -0.2) is 4.79 Å². The lowest BCUT2D eigenvalue weighted by Crippen LogP contribution is -2.40. The van der Waals surface area contributed by atoms with Gasteiger partial charge in [0.1, 0.15) is 13.2 Å². The Bertz CT molecular complexity index is 1730. The van der Waals surface area contributed by atoms with Crippen molar-refractivity contribution >= 4 is 17.9 Å². The van der Waals surface area contributed by atoms with Crippen LogP contribution < -0.4 is 0 Å². The van der Waals surface area contributed by atoms with E-state index in [0.29, 0.717) is 17.4 Å². The Labute approximate surface area is 603 Å². The summed E-state index contributed by atoms with van der Waals surface area (Å²) in [6.07, 6.45) is 102. The molecule has 0 fully saturated rings. The number of ether oxygens (including phenoxy) is 4. The number of hydrogen-bond donors (Lipinski definition) is 1. The molecule has 2 atom stereocenters. The molecule has 0 bridgehead atoms. The summed E-state index contributed by atoms with van der Waals surface area (Å²) in [5, 5.41) is 9.78. The van der Waals surface area contributed by atoms with E-state index in [1.165, 1.54) is 360 Å². The molecule has 0 amide bonds. The third-order valence-electron chi connectivity index (χ3n) is 19.6. The minimum atomic E-state index is -1.51. The molecule has 1 N–H and O–H groups in total. The molecule has 0 saturated carbocycles. The maximum atomic E-state index is 13.0. The summed E-state index contributed by atoms with van der Waals surface area (Å²) in [6, 6.07) is 0. The second kappa shape index (κ2) is 79.0. The number of rotatable bonds is 81. The first-order valence-electron chi connectivity index (χ1n) is 42.8. The maximum absolute atomic E-state index is 13.0. The summed E-state index contributed by atoms with van der Waals surface area (Å²) in [4.78, 5) is 37.8. The molecule has 0 rings (SSSR count). The second-order valence-electron chi connectivity index (χ2n) is 30.5. The molecule has 9 heteroatoms. The van der Waals surface area contributed by atoms with Crippen molar-refractivity contribution in [3.05, 3.63) is 48.6 Å². The van der Waals surface area contributed by atoms with Gasteiger partial charge in [0.25, 0.3) is 6.29 Å². The molecule has 0 radical (unpaired) electrons. The Morgan fingerprint density at radius 3 is 0.814 bits per heavy atom. The minimum Gasteiger partial charge on any atom is -0.477 e. The van der Waals surface area contributed by atoms with Gasteiger partial charge in [-0.2, -0.15) is 0 Å². The number of carbonyl (C=O) groups excluding carboxylic acids is 2. The van der Waals surface area contributed by atoms with Crippen LogP contribution in [0.2, 0.25) is 0 Å². The normalized spacial score (nSPS) is 12.8. The van der Waals surface area contributed by atoms with Gasteiger partial charge in [-0.15, -0.1) is 0 Å². The summed E-state index contributed by atoms with van der Waals surface area (Å²) in [5.41, 5.74) is 0. The van der Waals surface area contributed by atoms with Gasteiger partial charge in [-0.3, -0.25) is 9.59 Å². The van der Waals surface area contributed by atoms with E-state index >= 15 is 0 Å². The fourth-order valence-electron chi connectivity index (χ4n) is 13.0. The summed E-state index contributed by atoms with van der Waals surface area (Å²) in [5.74, 6) is -1.97. The number of esters is 2. The largest absolute Gasteiger partial charge is 0.477 e. The van der Waals surface area contributed by atoms with Crippen LogP contribution in [0.4, 0.5) is 0 Å². The number of likely N-dealkylation sites (N-methyl/N-ethyl adjacent to an activating group) is 1. The summed E-state index contributed by atoms with van der Waals surface area (Å²) >= 11 is 0. The number of carbonyl (C=O) groups is 3. The third kappa shape index (κ3) is 80.4. The molecule has 9 nitrogen and oxygen atoms in total. The fourth-order valence-corrected chi connectivity index (χ4v) is 13.0. The molecule has 0 saturated heterocycles. The van der Waals surface area contributed by atoms with E-state index < -0.39 is 18.4 Å². The molecule has 2 unspecified atom stereocenters. The number of quaternary nitrogens is 1. The minimum absolute atomic E-state index is 0.175. The van der Waals surface area contributed by atoms with Crippen molar-refractivity contribution in [1.29, 1.82) is 0 Å². The zero-order chi connectivity index (χ0) is 70.4. The smallest absolute Gasteiger partial charge is 0.361 e. The van der Waals surface area contributed by atoms with Gasteiger partial charge >= 0.3 is 17.9 Å². The van der Waals surface area contributed by atoms with Gasteiger partial charge in [0, 0.05) is 12.8 Å². The Morgan fingerprint density at radius 2 is 0.557 bits per heavy atom. The zero-order valence-corrected chi connectivity index (χ0v) is 65.5. The van der Waals surface area contributed by atoms with E-state index in [1.54, 1.807) is 0 Å². The second-order valence-corrected chi connectivity index (χ2v) is 30.5. The highest BCUT2D eigenvalue weighted by Gasteiger charge is 2.25. The summed E-state index contributed by atoms with van der Waals surface area (Å²) in [6.45, 7) is 4.94. The van der Waals surface area contributed by atoms with Gasteiger partial charge in [0.2, 0.25) is 0 Å². The van der Waals surface area contributed by atoms with E-state index in [0.717, 1.165) is 51.4 Å². The lowest BCUT2D eigenvalue weighted by Gasteiger charge is -2.25. The Kier molecular flexibility index (Phi) is 76.7. The highest BCUT2D eigenvalue weighted by Crippen LogP contribution is 2.20. The van der Waals surface area contributed by atoms with E-state index in [4.69, 9.17) is 18.9 Å². The van der Waals surface area contributed by atoms with Crippen LogP contribution in [0.3, 0.4) is 0 Å². The van der Waals surface area contributed by atoms with Gasteiger partial charge in [0.15, 0.2) is 6.10 Å². The first-order valence-corrected chi connectivity index (χ1v) is 42.8. The molecule has 0 aromatic rings. The number of nitrogens with zero attached hydrogens (tertiary/aromatic N) is 1. The number of carboxylic acid groups (broad SMARTS) is 1. The van der Waals surface area contributed by atoms with Gasteiger partial charge < -0.3 is 28.5 Å². The Morgan fingerprint density at radius 1 is 0.309 bits per heavy atom. The molecule has 0 aliphatic heterocycles. The topological polar surface area (TPSA) is 108 Å². The Hall–Kier alpha value is -2.75. The van der Waals surface area contributed by atoms with Crippen LogP contribution in [0.5, 0.6) is 0 Å². The standard InChI is InChI=1S/C88H165NO8/c1-6-8-10-12-14-16-18-20-22-24-26-28-30-32-34-36-38-40-41-42-43-44-45-47-49-51-53-55-57-59-61-63-65-67-69-71-73-75-77-79-86(91)97-84(83-96-88(87(92)93)94-81-80-89(3,4)5)82-95-85(90)78-76-74-72-70-68-66-64-62-60-58-56-54-52-50-48-46-39-37-35-33-31-29-27-25-23-21-19-17-15-13-11-9-7-2/h18-21,24-27,84,88H,6-17,22-23,28-83H2,1-5H3/p+1/b20-18-,21-19-,26-24-,27-25-. The molecular formula is C88H166NO8+. The molecule has 0 aliphatic carbocycles. The average molecular weight is 1370 g/mol. The van der Waals surface area contributed by atoms with Gasteiger partial charge in [-0.1, -0.05) is 396 Å². The summed E-state index contributed by atoms with van der Waals surface area (Å²) in [7, 11) is 6.00. The monoisotopic (exact) mass is 1370 g/mol. The van der Waals surface area contributed by atoms with Crippen LogP contribution in [-0.2, 0) is 33.3 Å². The van der Waals surface area contributed by atoms with Crippen molar-refractivity contribution in [3.8, 4) is 0 Å². The zero-order valence-electron chi connectivity index (χ0n) is 65.5. The van der Waals surface area contributed by atoms with Crippen molar-refractivity contribution in [2.45, 2.75) is 450 Å². The number of carboxylic acids is 1. The van der Waals surface area contributed by atoms with Gasteiger partial charge in [-0.05, 0) is 77.0 Å². The van der Waals surface area contributed by atoms with Crippen LogP contribution in [-0.4, -0.2) is 87.4 Å². The lowest BCUT2D eigenvalue weighted by molar-refractivity contribution is -0.870. The number of aliphatic carboxylic acids is 1. The Balaban J connectivity index is 3.92. The quantitative estimate of drug-likeness (QED) is 0.0211. The van der Waals surface area contributed by atoms with E-state index in [-0.39, 0.29) is 38.2 Å². The molecule has 0 spiro atoms. The molecule has 0 aromatic carbocycles. The molecule has 0 heterocycles. The molecule has 0 aromatic heterocycles. The van der Waals surface area contributed by atoms with Crippen molar-refractivity contribution in [3.63, 3.8) is 0 Å². The number of hydrogen-bond acceptors (Lipinski definition) is 7. The van der Waals surface area contributed by atoms with Crippen LogP contribution >= 0.6 is 0 Å². The predicted molar refractivity (Wildman–Crippen MR) is 420 cm³/mol. The molecule has 570 valence electrons. The van der Waals surface area contributed by atoms with E-state index in [9.17, 15) is 19.5 Å². The maximum Gasteiger partial charge on any atom is 0.361 e. The highest BCUT2D eigenvalue weighted by molar-refractivity contribution is 5.71. The fraction of sp³-hybridized carbons (Fsp3) is 0.875. The van der Waals surface area contributed by atoms with E-state index in [2.05, 4.69) is 62.5 Å². The first kappa shape index (κ1) is 94.2. The van der Waals surface area contributed by atoms with Crippen LogP contribution in [0.1, 0.15) is 438 Å². The highest BCUT2D eigenvalue weighted by atomic mass is 16.7. The molecule has 0 aliphatic rings. The molecular weight excluding hydrogens is 1200 g/mol. The third-order valence-corrected chi connectivity index (χ3v) is 19.6. The van der Waals surface area contributed by atoms with Crippen molar-refractivity contribution < 1.29 is 42.9 Å². The first-order chi connectivity index (χ1) is 47.6. The SMILES string of the molecule is CCCCCCC/C=C\C/C=C\CCCCCCCCCCCCCCCCCCCCCCCCCCCCCC(=O)OC(COC(=O)CCCCCCCCCCCCCCCCCCCCCCC/C=C\C/C=C\CCCCCCC)COC(OCC[N+](C)(C)C)C(=O)O. The van der Waals surface area contributed by atoms with Crippen LogP contribution in [0, 0.1) is 0 Å². The van der Waals surface area contributed by atoms with Crippen molar-refractivity contribution in [1.82, 2.24) is 0 Å². The van der Waals surface area contributed by atoms with Crippen LogP contribution in [0.25, 0.3) is 0 Å². The number of unbranched alkanes of at least 4 members (excludes halogenated alkanes) is 58. The van der Waals surface area contributed by atoms with Gasteiger partial charge in [0.05, 0.1) is 34.4 Å². The van der Waals surface area contributed by atoms with Crippen molar-refractivity contribution in [2.24, 2.45) is 0 Å². The lowest BCUT2D eigenvalue weighted by atomic mass is 10.0. The molecule has 97 heavy (non-hydrogen) atoms. The average Bonchev–Trinajstić information content (AvgIpc) is 2.39. The van der Waals surface area contributed by atoms with Crippen molar-refractivity contribution in [2.75, 3.05) is 47.5 Å². The predicted octanol–water partition coefficient (Wildman–Crippen LogP) is 27.6. The van der Waals surface area contributed by atoms with Crippen LogP contribution in [0.15, 0.2) is 48.6 Å². The summed E-state index contributed by atoms with van der Waals surface area (Å²) < 4.78 is 23.1. The van der Waals surface area contributed by atoms with E-state index in [1.807, 2.05) is 21.1 Å².